The Morgan fingerprint density at radius 2 is 1.82 bits per heavy atom. The van der Waals surface area contributed by atoms with Crippen molar-refractivity contribution in [3.8, 4) is 22.8 Å². The fourth-order valence-electron chi connectivity index (χ4n) is 6.11. The zero-order valence-corrected chi connectivity index (χ0v) is 27.4. The Bertz CT molecular complexity index is 1550. The van der Waals surface area contributed by atoms with Gasteiger partial charge in [0.25, 0.3) is 0 Å². The molecule has 1 aliphatic carbocycles. The molecule has 5 atom stereocenters. The molecule has 2 aromatic carbocycles. The maximum Gasteiger partial charge on any atom is 0.309 e. The van der Waals surface area contributed by atoms with Gasteiger partial charge in [0.05, 0.1) is 42.1 Å². The molecule has 0 amide bonds. The summed E-state index contributed by atoms with van der Waals surface area (Å²) < 4.78 is 48.0. The number of benzene rings is 2. The van der Waals surface area contributed by atoms with Gasteiger partial charge in [-0.1, -0.05) is 31.2 Å². The van der Waals surface area contributed by atoms with Gasteiger partial charge in [-0.15, -0.1) is 0 Å². The molecule has 2 aliphatic rings. The highest BCUT2D eigenvalue weighted by molar-refractivity contribution is 7.84. The van der Waals surface area contributed by atoms with Crippen molar-refractivity contribution in [3.05, 3.63) is 76.7 Å². The fraction of sp³-hybridized carbons (Fsp3) is 0.486. The number of esters is 1. The van der Waals surface area contributed by atoms with E-state index in [4.69, 9.17) is 14.2 Å². The summed E-state index contributed by atoms with van der Waals surface area (Å²) >= 11 is 0. The molecular weight excluding hydrogens is 579 g/mol. The lowest BCUT2D eigenvalue weighted by Crippen LogP contribution is -2.35. The molecule has 1 fully saturated rings. The molecule has 0 spiro atoms. The Morgan fingerprint density at radius 3 is 2.48 bits per heavy atom. The molecule has 0 radical (unpaired) electrons. The van der Waals surface area contributed by atoms with Crippen LogP contribution in [-0.4, -0.2) is 34.1 Å². The molecule has 0 unspecified atom stereocenters. The number of hydrogen-bond acceptors (Lipinski definition) is 6. The van der Waals surface area contributed by atoms with Crippen LogP contribution in [0.3, 0.4) is 0 Å². The standard InChI is InChI=1S/C35H43FN2O5S/c1-20(34(39)42-7)33(23-9-10-23)25-11-8-22-13-15-30(43-31(22)17-25)24-12-14-26(28-18-32(41-6)37-19-29(28)36)27(16-24)21(2)38-44(40)35(3,4)5/h8,11-12,14,16-21,23,30,33,38H,9-10,13,15H2,1-7H3/t20-,21-,30+,33-,44-/m0/s1. The molecule has 0 saturated heterocycles. The number of rotatable bonds is 10. The summed E-state index contributed by atoms with van der Waals surface area (Å²) in [4.78, 5) is 16.5. The zero-order valence-electron chi connectivity index (χ0n) is 26.6. The molecule has 1 N–H and O–H groups in total. The van der Waals surface area contributed by atoms with Crippen LogP contribution < -0.4 is 14.2 Å². The SMILES string of the molecule is COC(=O)[C@@H](C)[C@H](c1ccc2c(c1)O[C@@H](c1ccc(-c3cc(OC)ncc3F)c([C@H](C)N[S@@](=O)C(C)(C)C)c1)CC2)C1CC1. The maximum atomic E-state index is 15.1. The van der Waals surface area contributed by atoms with Crippen LogP contribution in [0.25, 0.3) is 11.1 Å². The number of carbonyl (C=O) groups excluding carboxylic acids is 1. The Hall–Kier alpha value is -3.30. The highest BCUT2D eigenvalue weighted by Gasteiger charge is 2.39. The van der Waals surface area contributed by atoms with E-state index >= 15 is 4.39 Å². The summed E-state index contributed by atoms with van der Waals surface area (Å²) in [6, 6.07) is 13.5. The van der Waals surface area contributed by atoms with E-state index in [0.717, 1.165) is 59.9 Å². The summed E-state index contributed by atoms with van der Waals surface area (Å²) in [5.74, 6) is 0.804. The molecule has 9 heteroatoms. The van der Waals surface area contributed by atoms with Crippen molar-refractivity contribution in [2.24, 2.45) is 11.8 Å². The van der Waals surface area contributed by atoms with E-state index in [1.54, 1.807) is 6.07 Å². The number of hydrogen-bond donors (Lipinski definition) is 1. The average molecular weight is 623 g/mol. The average Bonchev–Trinajstić information content (AvgIpc) is 3.85. The fourth-order valence-corrected chi connectivity index (χ4v) is 6.91. The van der Waals surface area contributed by atoms with Crippen molar-refractivity contribution >= 4 is 17.0 Å². The van der Waals surface area contributed by atoms with E-state index in [0.29, 0.717) is 22.9 Å². The van der Waals surface area contributed by atoms with Crippen LogP contribution >= 0.6 is 0 Å². The van der Waals surface area contributed by atoms with Crippen LogP contribution in [0.1, 0.15) is 94.2 Å². The first-order valence-corrected chi connectivity index (χ1v) is 16.4. The van der Waals surface area contributed by atoms with Crippen molar-refractivity contribution in [1.29, 1.82) is 0 Å². The topological polar surface area (TPSA) is 86.8 Å². The number of nitrogens with one attached hydrogen (secondary N) is 1. The predicted molar refractivity (Wildman–Crippen MR) is 170 cm³/mol. The van der Waals surface area contributed by atoms with Crippen molar-refractivity contribution in [3.63, 3.8) is 0 Å². The van der Waals surface area contributed by atoms with E-state index in [-0.39, 0.29) is 30.0 Å². The number of fused-ring (bicyclic) bond motifs is 1. The van der Waals surface area contributed by atoms with E-state index in [1.807, 2.05) is 52.8 Å². The van der Waals surface area contributed by atoms with Crippen LogP contribution in [0, 0.1) is 17.7 Å². The summed E-state index contributed by atoms with van der Waals surface area (Å²) in [7, 11) is 1.60. The lowest BCUT2D eigenvalue weighted by molar-refractivity contribution is -0.145. The summed E-state index contributed by atoms with van der Waals surface area (Å²) in [6.45, 7) is 9.62. The maximum absolute atomic E-state index is 15.1. The normalized spacial score (nSPS) is 19.2. The first-order valence-electron chi connectivity index (χ1n) is 15.3. The molecule has 3 aromatic rings. The van der Waals surface area contributed by atoms with Crippen molar-refractivity contribution in [1.82, 2.24) is 9.71 Å². The molecule has 7 nitrogen and oxygen atoms in total. The van der Waals surface area contributed by atoms with Crippen LogP contribution in [-0.2, 0) is 26.9 Å². The molecule has 44 heavy (non-hydrogen) atoms. The molecule has 1 saturated carbocycles. The van der Waals surface area contributed by atoms with Gasteiger partial charge < -0.3 is 14.2 Å². The monoisotopic (exact) mass is 622 g/mol. The second kappa shape index (κ2) is 13.0. The third-order valence-corrected chi connectivity index (χ3v) is 10.4. The number of aromatic nitrogens is 1. The smallest absolute Gasteiger partial charge is 0.309 e. The van der Waals surface area contributed by atoms with Gasteiger partial charge >= 0.3 is 5.97 Å². The van der Waals surface area contributed by atoms with Gasteiger partial charge in [0.15, 0.2) is 0 Å². The van der Waals surface area contributed by atoms with Crippen LogP contribution in [0.2, 0.25) is 0 Å². The molecule has 2 heterocycles. The Morgan fingerprint density at radius 1 is 1.07 bits per heavy atom. The van der Waals surface area contributed by atoms with E-state index in [2.05, 4.69) is 27.9 Å². The largest absolute Gasteiger partial charge is 0.485 e. The van der Waals surface area contributed by atoms with Crippen molar-refractivity contribution < 1.29 is 27.6 Å². The van der Waals surface area contributed by atoms with Gasteiger partial charge in [0.1, 0.15) is 17.7 Å². The number of pyridine rings is 1. The van der Waals surface area contributed by atoms with Gasteiger partial charge in [-0.2, -0.15) is 0 Å². The number of carbonyl (C=O) groups is 1. The molecule has 5 rings (SSSR count). The predicted octanol–water partition coefficient (Wildman–Crippen LogP) is 7.38. The van der Waals surface area contributed by atoms with Crippen LogP contribution in [0.5, 0.6) is 11.6 Å². The number of ether oxygens (including phenoxy) is 3. The highest BCUT2D eigenvalue weighted by atomic mass is 32.2. The van der Waals surface area contributed by atoms with E-state index in [9.17, 15) is 9.00 Å². The number of nitrogens with zero attached hydrogens (tertiary/aromatic N) is 1. The quantitative estimate of drug-likeness (QED) is 0.238. The summed E-state index contributed by atoms with van der Waals surface area (Å²) in [5, 5.41) is 0. The lowest BCUT2D eigenvalue weighted by atomic mass is 9.82. The molecule has 1 aliphatic heterocycles. The zero-order chi connectivity index (χ0) is 31.8. The third kappa shape index (κ3) is 6.84. The van der Waals surface area contributed by atoms with Crippen molar-refractivity contribution in [2.45, 2.75) is 83.1 Å². The molecule has 0 bridgehead atoms. The number of halogens is 1. The minimum atomic E-state index is -1.34. The van der Waals surface area contributed by atoms with Gasteiger partial charge in [-0.3, -0.25) is 4.79 Å². The molecule has 236 valence electrons. The van der Waals surface area contributed by atoms with Gasteiger partial charge in [-0.05, 0) is 105 Å². The first kappa shape index (κ1) is 32.1. The number of aryl methyl sites for hydroxylation is 1. The molecule has 1 aromatic heterocycles. The second-order valence-corrected chi connectivity index (χ2v) is 15.0. The van der Waals surface area contributed by atoms with E-state index in [1.165, 1.54) is 14.2 Å². The summed E-state index contributed by atoms with van der Waals surface area (Å²) in [5.41, 5.74) is 5.03. The van der Waals surface area contributed by atoms with Gasteiger partial charge in [0.2, 0.25) is 5.88 Å². The summed E-state index contributed by atoms with van der Waals surface area (Å²) in [6.07, 6.45) is 4.78. The second-order valence-electron chi connectivity index (χ2n) is 13.0. The van der Waals surface area contributed by atoms with E-state index < -0.39 is 21.5 Å². The molecular formula is C35H43FN2O5S. The minimum Gasteiger partial charge on any atom is -0.485 e. The van der Waals surface area contributed by atoms with Crippen molar-refractivity contribution in [2.75, 3.05) is 14.2 Å². The van der Waals surface area contributed by atoms with Crippen LogP contribution in [0.15, 0.2) is 48.7 Å². The Balaban J connectivity index is 1.49. The first-order chi connectivity index (χ1) is 20.9. The highest BCUT2D eigenvalue weighted by Crippen LogP contribution is 2.48. The minimum absolute atomic E-state index is 0.0884. The van der Waals surface area contributed by atoms with Gasteiger partial charge in [0, 0.05) is 17.7 Å². The number of methoxy groups -OCH3 is 2. The lowest BCUT2D eigenvalue weighted by Gasteiger charge is -2.30. The Labute approximate surface area is 262 Å². The van der Waals surface area contributed by atoms with Crippen LogP contribution in [0.4, 0.5) is 4.39 Å². The Kier molecular flexibility index (Phi) is 9.47. The third-order valence-electron chi connectivity index (χ3n) is 8.75. The van der Waals surface area contributed by atoms with Gasteiger partial charge in [-0.25, -0.2) is 18.3 Å².